The molecule has 0 spiro atoms. The number of hydrogen-bond acceptors (Lipinski definition) is 4. The average molecular weight is 504 g/mol. The van der Waals surface area contributed by atoms with Crippen LogP contribution in [0.15, 0.2) is 76.5 Å². The second kappa shape index (κ2) is 9.80. The number of amides is 2. The van der Waals surface area contributed by atoms with E-state index in [1.54, 1.807) is 11.9 Å². The highest BCUT2D eigenvalue weighted by molar-refractivity contribution is 8.04. The van der Waals surface area contributed by atoms with Crippen molar-refractivity contribution in [1.29, 1.82) is 0 Å². The maximum absolute atomic E-state index is 13.3. The fraction of sp³-hybridized carbons (Fsp3) is 0.214. The minimum atomic E-state index is -0.0681. The van der Waals surface area contributed by atoms with E-state index in [9.17, 15) is 9.59 Å². The first-order valence-corrected chi connectivity index (χ1v) is 12.8. The molecular weight excluding hydrogens is 478 g/mol. The first-order chi connectivity index (χ1) is 16.9. The molecule has 7 heteroatoms. The molecule has 0 bridgehead atoms. The SMILES string of the molecule is Cc1ccc(Cl)cc1N1CCN(C(=O)c2ccc3c(c2)N(C)C(=O)C(=Cc2ccccc2)S3)CC1. The van der Waals surface area contributed by atoms with E-state index in [1.165, 1.54) is 17.3 Å². The first kappa shape index (κ1) is 23.5. The number of benzene rings is 3. The molecule has 178 valence electrons. The van der Waals surface area contributed by atoms with Crippen LogP contribution < -0.4 is 9.80 Å². The first-order valence-electron chi connectivity index (χ1n) is 11.6. The molecule has 2 aliphatic rings. The van der Waals surface area contributed by atoms with Gasteiger partial charge in [0.2, 0.25) is 0 Å². The Balaban J connectivity index is 1.31. The molecule has 2 aliphatic heterocycles. The summed E-state index contributed by atoms with van der Waals surface area (Å²) < 4.78 is 0. The van der Waals surface area contributed by atoms with Crippen molar-refractivity contribution < 1.29 is 9.59 Å². The van der Waals surface area contributed by atoms with E-state index in [-0.39, 0.29) is 11.8 Å². The molecule has 1 fully saturated rings. The topological polar surface area (TPSA) is 43.9 Å². The molecule has 0 radical (unpaired) electrons. The van der Waals surface area contributed by atoms with Gasteiger partial charge in [-0.15, -0.1) is 0 Å². The van der Waals surface area contributed by atoms with E-state index >= 15 is 0 Å². The summed E-state index contributed by atoms with van der Waals surface area (Å²) in [6.45, 7) is 4.84. The summed E-state index contributed by atoms with van der Waals surface area (Å²) in [5.41, 5.74) is 4.65. The Morgan fingerprint density at radius 1 is 0.943 bits per heavy atom. The number of nitrogens with zero attached hydrogens (tertiary/aromatic N) is 3. The Bertz CT molecular complexity index is 1320. The van der Waals surface area contributed by atoms with Crippen LogP contribution in [-0.4, -0.2) is 49.9 Å². The number of halogens is 1. The van der Waals surface area contributed by atoms with Crippen molar-refractivity contribution >= 4 is 52.6 Å². The zero-order valence-corrected chi connectivity index (χ0v) is 21.3. The lowest BCUT2D eigenvalue weighted by Crippen LogP contribution is -2.49. The molecule has 1 saturated heterocycles. The van der Waals surface area contributed by atoms with Crippen molar-refractivity contribution in [2.24, 2.45) is 0 Å². The van der Waals surface area contributed by atoms with Crippen LogP contribution in [0.3, 0.4) is 0 Å². The van der Waals surface area contributed by atoms with Crippen molar-refractivity contribution in [3.05, 3.63) is 93.3 Å². The van der Waals surface area contributed by atoms with Gasteiger partial charge in [0.15, 0.2) is 0 Å². The van der Waals surface area contributed by atoms with Crippen LogP contribution in [0.4, 0.5) is 11.4 Å². The lowest BCUT2D eigenvalue weighted by Gasteiger charge is -2.37. The molecule has 2 heterocycles. The van der Waals surface area contributed by atoms with Gasteiger partial charge in [0.1, 0.15) is 0 Å². The van der Waals surface area contributed by atoms with Crippen LogP contribution in [0.1, 0.15) is 21.5 Å². The zero-order chi connectivity index (χ0) is 24.5. The fourth-order valence-corrected chi connectivity index (χ4v) is 5.74. The molecule has 0 N–H and O–H groups in total. The third-order valence-electron chi connectivity index (χ3n) is 6.48. The number of thioether (sulfide) groups is 1. The second-order valence-electron chi connectivity index (χ2n) is 8.78. The standard InChI is InChI=1S/C28H26ClN3O2S/c1-19-8-10-22(29)18-23(19)31-12-14-32(15-13-31)27(33)21-9-11-25-24(17-21)30(2)28(34)26(35-25)16-20-6-4-3-5-7-20/h3-11,16-18H,12-15H2,1-2H3. The second-order valence-corrected chi connectivity index (χ2v) is 10.3. The van der Waals surface area contributed by atoms with Gasteiger partial charge in [-0.1, -0.05) is 59.8 Å². The van der Waals surface area contributed by atoms with Crippen molar-refractivity contribution in [2.75, 3.05) is 43.0 Å². The minimum Gasteiger partial charge on any atom is -0.368 e. The lowest BCUT2D eigenvalue weighted by molar-refractivity contribution is -0.114. The van der Waals surface area contributed by atoms with Crippen LogP contribution in [0.5, 0.6) is 0 Å². The van der Waals surface area contributed by atoms with Gasteiger partial charge in [0, 0.05) is 54.4 Å². The Labute approximate surface area is 215 Å². The third-order valence-corrected chi connectivity index (χ3v) is 7.79. The predicted octanol–water partition coefficient (Wildman–Crippen LogP) is 5.72. The van der Waals surface area contributed by atoms with Gasteiger partial charge in [0.05, 0.1) is 10.6 Å². The Kier molecular flexibility index (Phi) is 6.58. The van der Waals surface area contributed by atoms with Crippen molar-refractivity contribution in [2.45, 2.75) is 11.8 Å². The zero-order valence-electron chi connectivity index (χ0n) is 19.7. The molecule has 2 amide bonds. The molecule has 0 atom stereocenters. The highest BCUT2D eigenvalue weighted by atomic mass is 35.5. The van der Waals surface area contributed by atoms with Gasteiger partial charge in [-0.3, -0.25) is 9.59 Å². The van der Waals surface area contributed by atoms with Gasteiger partial charge in [-0.25, -0.2) is 0 Å². The Morgan fingerprint density at radius 2 is 1.69 bits per heavy atom. The number of fused-ring (bicyclic) bond motifs is 1. The number of likely N-dealkylation sites (N-methyl/N-ethyl adjacent to an activating group) is 1. The maximum Gasteiger partial charge on any atom is 0.264 e. The Hall–Kier alpha value is -3.22. The maximum atomic E-state index is 13.3. The van der Waals surface area contributed by atoms with Gasteiger partial charge in [-0.2, -0.15) is 0 Å². The van der Waals surface area contributed by atoms with Gasteiger partial charge < -0.3 is 14.7 Å². The number of hydrogen-bond donors (Lipinski definition) is 0. The average Bonchev–Trinajstić information content (AvgIpc) is 2.89. The molecule has 0 aromatic heterocycles. The van der Waals surface area contributed by atoms with Crippen LogP contribution in [0.2, 0.25) is 5.02 Å². The number of carbonyl (C=O) groups is 2. The quantitative estimate of drug-likeness (QED) is 0.429. The predicted molar refractivity (Wildman–Crippen MR) is 144 cm³/mol. The van der Waals surface area contributed by atoms with Crippen LogP contribution in [-0.2, 0) is 4.79 Å². The van der Waals surface area contributed by atoms with E-state index in [2.05, 4.69) is 11.8 Å². The number of carbonyl (C=O) groups excluding carboxylic acids is 2. The third kappa shape index (κ3) is 4.81. The normalized spacial score (nSPS) is 17.1. The highest BCUT2D eigenvalue weighted by Crippen LogP contribution is 2.42. The molecule has 5 nitrogen and oxygen atoms in total. The summed E-state index contributed by atoms with van der Waals surface area (Å²) in [7, 11) is 1.76. The van der Waals surface area contributed by atoms with Crippen LogP contribution in [0.25, 0.3) is 6.08 Å². The summed E-state index contributed by atoms with van der Waals surface area (Å²) in [4.78, 5) is 33.8. The van der Waals surface area contributed by atoms with Crippen molar-refractivity contribution in [3.8, 4) is 0 Å². The molecule has 3 aromatic carbocycles. The molecule has 35 heavy (non-hydrogen) atoms. The lowest BCUT2D eigenvalue weighted by atomic mass is 10.1. The van der Waals surface area contributed by atoms with Crippen LogP contribution in [0, 0.1) is 6.92 Å². The molecule has 0 aliphatic carbocycles. The van der Waals surface area contributed by atoms with E-state index in [4.69, 9.17) is 11.6 Å². The van der Waals surface area contributed by atoms with Gasteiger partial charge >= 0.3 is 0 Å². The Morgan fingerprint density at radius 3 is 2.43 bits per heavy atom. The van der Waals surface area contributed by atoms with Gasteiger partial charge in [-0.05, 0) is 54.5 Å². The van der Waals surface area contributed by atoms with E-state index in [0.29, 0.717) is 23.6 Å². The summed E-state index contributed by atoms with van der Waals surface area (Å²) in [5.74, 6) is -0.0757. The van der Waals surface area contributed by atoms with E-state index in [1.807, 2.05) is 77.7 Å². The van der Waals surface area contributed by atoms with Crippen molar-refractivity contribution in [1.82, 2.24) is 4.90 Å². The largest absolute Gasteiger partial charge is 0.368 e. The highest BCUT2D eigenvalue weighted by Gasteiger charge is 2.29. The molecule has 0 unspecified atom stereocenters. The van der Waals surface area contributed by atoms with Gasteiger partial charge in [0.25, 0.3) is 11.8 Å². The summed E-state index contributed by atoms with van der Waals surface area (Å²) in [5, 5.41) is 0.719. The molecular formula is C28H26ClN3O2S. The number of anilines is 2. The molecule has 3 aromatic rings. The molecule has 5 rings (SSSR count). The summed E-state index contributed by atoms with van der Waals surface area (Å²) in [6.07, 6.45) is 1.91. The minimum absolute atomic E-state index is 0.00765. The summed E-state index contributed by atoms with van der Waals surface area (Å²) >= 11 is 7.65. The molecule has 0 saturated carbocycles. The summed E-state index contributed by atoms with van der Waals surface area (Å²) in [6, 6.07) is 21.4. The van der Waals surface area contributed by atoms with Crippen molar-refractivity contribution in [3.63, 3.8) is 0 Å². The van der Waals surface area contributed by atoms with E-state index < -0.39 is 0 Å². The number of piperazine rings is 1. The number of aryl methyl sites for hydroxylation is 1. The monoisotopic (exact) mass is 503 g/mol. The fourth-order valence-electron chi connectivity index (χ4n) is 4.48. The van der Waals surface area contributed by atoms with E-state index in [0.717, 1.165) is 39.9 Å². The van der Waals surface area contributed by atoms with Crippen LogP contribution >= 0.6 is 23.4 Å². The number of rotatable bonds is 3. The smallest absolute Gasteiger partial charge is 0.264 e.